The summed E-state index contributed by atoms with van der Waals surface area (Å²) in [6.07, 6.45) is 3.15. The zero-order chi connectivity index (χ0) is 18.8. The third-order valence-electron chi connectivity index (χ3n) is 3.76. The molecule has 1 amide bonds. The van der Waals surface area contributed by atoms with Crippen LogP contribution in [0.1, 0.15) is 11.3 Å². The minimum Gasteiger partial charge on any atom is -0.469 e. The van der Waals surface area contributed by atoms with Crippen molar-refractivity contribution in [1.82, 2.24) is 15.5 Å². The van der Waals surface area contributed by atoms with E-state index in [2.05, 4.69) is 15.6 Å². The van der Waals surface area contributed by atoms with Gasteiger partial charge in [0.1, 0.15) is 12.3 Å². The largest absolute Gasteiger partial charge is 0.469 e. The fourth-order valence-electron chi connectivity index (χ4n) is 2.24. The topological polar surface area (TPSA) is 69.9 Å². The molecule has 2 rings (SSSR count). The van der Waals surface area contributed by atoms with E-state index in [0.717, 1.165) is 29.2 Å². The average Bonchev–Trinajstić information content (AvgIpc) is 3.13. The van der Waals surface area contributed by atoms with Crippen LogP contribution in [0.2, 0.25) is 5.02 Å². The lowest BCUT2D eigenvalue weighted by Crippen LogP contribution is -2.40. The van der Waals surface area contributed by atoms with Gasteiger partial charge in [0.05, 0.1) is 6.26 Å². The summed E-state index contributed by atoms with van der Waals surface area (Å²) in [4.78, 5) is 17.7. The van der Waals surface area contributed by atoms with Gasteiger partial charge in [0.2, 0.25) is 5.91 Å². The standard InChI is InChI=1S/C19H25ClN4O2.HI/c1-24(2)18(25)14-23-19(22-12-10-16-7-5-13-26-16)21-11-9-15-6-3-4-8-17(15)20;/h3-8,13H,9-12,14H2,1-2H3,(H2,21,22,23);1H. The first-order valence-electron chi connectivity index (χ1n) is 8.54. The Balaban J connectivity index is 0.00000364. The lowest BCUT2D eigenvalue weighted by atomic mass is 10.1. The van der Waals surface area contributed by atoms with E-state index in [-0.39, 0.29) is 36.4 Å². The maximum absolute atomic E-state index is 11.8. The SMILES string of the molecule is CN(C)C(=O)CN=C(NCCc1ccco1)NCCc1ccccc1Cl.I. The van der Waals surface area contributed by atoms with Crippen LogP contribution in [-0.2, 0) is 17.6 Å². The fraction of sp³-hybridized carbons (Fsp3) is 0.368. The molecule has 0 fully saturated rings. The van der Waals surface area contributed by atoms with E-state index >= 15 is 0 Å². The monoisotopic (exact) mass is 504 g/mol. The Kier molecular flexibility index (Phi) is 10.9. The number of aliphatic imine (C=N–C) groups is 1. The summed E-state index contributed by atoms with van der Waals surface area (Å²) in [6, 6.07) is 11.5. The molecule has 0 aliphatic heterocycles. The van der Waals surface area contributed by atoms with E-state index in [1.165, 1.54) is 4.90 Å². The van der Waals surface area contributed by atoms with Crippen LogP contribution in [0, 0.1) is 0 Å². The van der Waals surface area contributed by atoms with E-state index < -0.39 is 0 Å². The highest BCUT2D eigenvalue weighted by molar-refractivity contribution is 14.0. The molecule has 1 aromatic carbocycles. The first-order chi connectivity index (χ1) is 12.6. The first kappa shape index (κ1) is 23.3. The molecule has 8 heteroatoms. The van der Waals surface area contributed by atoms with Crippen LogP contribution in [0.15, 0.2) is 52.1 Å². The fourth-order valence-corrected chi connectivity index (χ4v) is 2.47. The molecule has 1 heterocycles. The van der Waals surface area contributed by atoms with Crippen LogP contribution < -0.4 is 10.6 Å². The van der Waals surface area contributed by atoms with Crippen molar-refractivity contribution in [3.8, 4) is 0 Å². The predicted octanol–water partition coefficient (Wildman–Crippen LogP) is 2.96. The van der Waals surface area contributed by atoms with Gasteiger partial charge in [-0.05, 0) is 30.2 Å². The number of amides is 1. The van der Waals surface area contributed by atoms with Gasteiger partial charge in [-0.25, -0.2) is 4.99 Å². The number of hydrogen-bond acceptors (Lipinski definition) is 3. The van der Waals surface area contributed by atoms with Gasteiger partial charge in [-0.2, -0.15) is 0 Å². The Morgan fingerprint density at radius 1 is 1.11 bits per heavy atom. The van der Waals surface area contributed by atoms with E-state index in [9.17, 15) is 4.79 Å². The van der Waals surface area contributed by atoms with Gasteiger partial charge in [0.25, 0.3) is 0 Å². The molecule has 0 saturated carbocycles. The molecule has 0 spiro atoms. The third kappa shape index (κ3) is 8.66. The lowest BCUT2D eigenvalue weighted by Gasteiger charge is -2.14. The van der Waals surface area contributed by atoms with E-state index in [0.29, 0.717) is 19.0 Å². The molecule has 27 heavy (non-hydrogen) atoms. The van der Waals surface area contributed by atoms with Gasteiger partial charge in [0.15, 0.2) is 5.96 Å². The van der Waals surface area contributed by atoms with Crippen LogP contribution in [-0.4, -0.2) is 50.5 Å². The number of carbonyl (C=O) groups is 1. The van der Waals surface area contributed by atoms with E-state index in [4.69, 9.17) is 16.0 Å². The second-order valence-electron chi connectivity index (χ2n) is 5.98. The summed E-state index contributed by atoms with van der Waals surface area (Å²) in [5.41, 5.74) is 1.07. The summed E-state index contributed by atoms with van der Waals surface area (Å²) in [5.74, 6) is 1.44. The summed E-state index contributed by atoms with van der Waals surface area (Å²) in [5, 5.41) is 7.23. The van der Waals surface area contributed by atoms with Crippen molar-refractivity contribution < 1.29 is 9.21 Å². The van der Waals surface area contributed by atoms with Crippen molar-refractivity contribution in [1.29, 1.82) is 0 Å². The molecule has 1 aromatic heterocycles. The van der Waals surface area contributed by atoms with Crippen LogP contribution in [0.25, 0.3) is 0 Å². The van der Waals surface area contributed by atoms with Crippen LogP contribution in [0.3, 0.4) is 0 Å². The highest BCUT2D eigenvalue weighted by atomic mass is 127. The Morgan fingerprint density at radius 3 is 2.44 bits per heavy atom. The van der Waals surface area contributed by atoms with E-state index in [1.54, 1.807) is 20.4 Å². The highest BCUT2D eigenvalue weighted by Gasteiger charge is 2.06. The molecule has 0 unspecified atom stereocenters. The number of benzene rings is 1. The first-order valence-corrected chi connectivity index (χ1v) is 8.92. The number of hydrogen-bond donors (Lipinski definition) is 2. The molecule has 0 aliphatic rings. The highest BCUT2D eigenvalue weighted by Crippen LogP contribution is 2.14. The Morgan fingerprint density at radius 2 is 1.81 bits per heavy atom. The molecule has 0 atom stereocenters. The van der Waals surface area contributed by atoms with Gasteiger partial charge < -0.3 is 20.0 Å². The van der Waals surface area contributed by atoms with Crippen molar-refractivity contribution in [3.05, 3.63) is 59.0 Å². The second-order valence-corrected chi connectivity index (χ2v) is 6.38. The summed E-state index contributed by atoms with van der Waals surface area (Å²) < 4.78 is 5.32. The van der Waals surface area contributed by atoms with Gasteiger partial charge in [-0.3, -0.25) is 4.79 Å². The minimum absolute atomic E-state index is 0. The number of halogens is 2. The molecule has 0 bridgehead atoms. The van der Waals surface area contributed by atoms with Crippen molar-refractivity contribution in [2.45, 2.75) is 12.8 Å². The molecule has 2 aromatic rings. The predicted molar refractivity (Wildman–Crippen MR) is 120 cm³/mol. The Bertz CT molecular complexity index is 720. The molecular weight excluding hydrogens is 479 g/mol. The number of likely N-dealkylation sites (N-methyl/N-ethyl adjacent to an activating group) is 1. The van der Waals surface area contributed by atoms with E-state index in [1.807, 2.05) is 36.4 Å². The number of nitrogens with zero attached hydrogens (tertiary/aromatic N) is 2. The Hall–Kier alpha value is -1.74. The van der Waals surface area contributed by atoms with Crippen molar-refractivity contribution >= 4 is 47.4 Å². The molecule has 2 N–H and O–H groups in total. The summed E-state index contributed by atoms with van der Waals surface area (Å²) in [6.45, 7) is 1.41. The summed E-state index contributed by atoms with van der Waals surface area (Å²) >= 11 is 6.18. The van der Waals surface area contributed by atoms with Gasteiger partial charge in [0, 0.05) is 38.6 Å². The molecule has 0 radical (unpaired) electrons. The number of rotatable bonds is 8. The Labute approximate surface area is 182 Å². The van der Waals surface area contributed by atoms with Gasteiger partial charge in [-0.15, -0.1) is 24.0 Å². The maximum Gasteiger partial charge on any atom is 0.243 e. The number of furan rings is 1. The van der Waals surface area contributed by atoms with Crippen LogP contribution >= 0.6 is 35.6 Å². The zero-order valence-electron chi connectivity index (χ0n) is 15.6. The molecule has 0 saturated heterocycles. The third-order valence-corrected chi connectivity index (χ3v) is 4.13. The number of guanidine groups is 1. The van der Waals surface area contributed by atoms with Crippen molar-refractivity contribution in [2.75, 3.05) is 33.7 Å². The van der Waals surface area contributed by atoms with Crippen LogP contribution in [0.4, 0.5) is 0 Å². The molecule has 148 valence electrons. The second kappa shape index (κ2) is 12.6. The number of carbonyl (C=O) groups excluding carboxylic acids is 1. The quantitative estimate of drug-likeness (QED) is 0.329. The molecule has 6 nitrogen and oxygen atoms in total. The summed E-state index contributed by atoms with van der Waals surface area (Å²) in [7, 11) is 3.43. The van der Waals surface area contributed by atoms with Gasteiger partial charge >= 0.3 is 0 Å². The lowest BCUT2D eigenvalue weighted by molar-refractivity contribution is -0.127. The normalized spacial score (nSPS) is 10.9. The molecule has 0 aliphatic carbocycles. The zero-order valence-corrected chi connectivity index (χ0v) is 18.7. The smallest absolute Gasteiger partial charge is 0.243 e. The van der Waals surface area contributed by atoms with Gasteiger partial charge in [-0.1, -0.05) is 29.8 Å². The number of nitrogens with one attached hydrogen (secondary N) is 2. The van der Waals surface area contributed by atoms with Crippen LogP contribution in [0.5, 0.6) is 0 Å². The molecular formula is C19H26ClIN4O2. The minimum atomic E-state index is -0.0526. The van der Waals surface area contributed by atoms with Crippen molar-refractivity contribution in [2.24, 2.45) is 4.99 Å². The maximum atomic E-state index is 11.8. The van der Waals surface area contributed by atoms with Crippen molar-refractivity contribution in [3.63, 3.8) is 0 Å². The average molecular weight is 505 g/mol.